The maximum Gasteiger partial charge on any atom is 0.210 e. The molecule has 0 bridgehead atoms. The summed E-state index contributed by atoms with van der Waals surface area (Å²) in [7, 11) is 0. The van der Waals surface area contributed by atoms with E-state index in [0.717, 1.165) is 30.5 Å². The number of hydrogen-bond donors (Lipinski definition) is 0. The van der Waals surface area contributed by atoms with Gasteiger partial charge in [-0.2, -0.15) is 0 Å². The minimum Gasteiger partial charge on any atom is -0.342 e. The molecular weight excluding hydrogens is 418 g/mol. The molecule has 1 aromatic heterocycles. The highest BCUT2D eigenvalue weighted by atomic mass is 16.7. The van der Waals surface area contributed by atoms with E-state index in [0.29, 0.717) is 6.61 Å². The summed E-state index contributed by atoms with van der Waals surface area (Å²) in [5.74, 6) is -0.717. The van der Waals surface area contributed by atoms with E-state index in [1.54, 1.807) is 0 Å². The van der Waals surface area contributed by atoms with Gasteiger partial charge in [-0.25, -0.2) is 0 Å². The minimum atomic E-state index is -0.717. The molecule has 1 aliphatic heterocycles. The number of allylic oxidation sites excluding steroid dienone is 1. The molecule has 2 unspecified atom stereocenters. The van der Waals surface area contributed by atoms with E-state index in [2.05, 4.69) is 31.5 Å². The first kappa shape index (κ1) is 29.0. The Morgan fingerprint density at radius 2 is 1.47 bits per heavy atom. The lowest BCUT2D eigenvalue weighted by Crippen LogP contribution is -2.26. The molecule has 0 aliphatic carbocycles. The standard InChI is InChI=1S/C31H53NO2/c1-5-6-7-8-9-10-11-12-13-14-15-16-17-18-19-21-27(2)23-24-29-26-33-31(4,34-29)30-28(3)22-20-25-32-30/h20,22,25,29H,2,5-19,21,23-24,26H2,1,3-4H3. The third-order valence-electron chi connectivity index (χ3n) is 7.33. The smallest absolute Gasteiger partial charge is 0.210 e. The Kier molecular flexibility index (Phi) is 14.8. The van der Waals surface area contributed by atoms with Crippen molar-refractivity contribution in [2.24, 2.45) is 0 Å². The number of pyridine rings is 1. The highest BCUT2D eigenvalue weighted by molar-refractivity contribution is 5.22. The number of rotatable bonds is 20. The molecular formula is C31H53NO2. The van der Waals surface area contributed by atoms with Crippen LogP contribution in [0, 0.1) is 6.92 Å². The predicted octanol–water partition coefficient (Wildman–Crippen LogP) is 9.58. The second-order valence-electron chi connectivity index (χ2n) is 10.7. The Labute approximate surface area is 211 Å². The van der Waals surface area contributed by atoms with E-state index in [1.807, 2.05) is 19.2 Å². The summed E-state index contributed by atoms with van der Waals surface area (Å²) in [6.07, 6.45) is 26.3. The van der Waals surface area contributed by atoms with Gasteiger partial charge >= 0.3 is 0 Å². The average Bonchev–Trinajstić information content (AvgIpc) is 3.22. The molecule has 0 amide bonds. The lowest BCUT2D eigenvalue weighted by molar-refractivity contribution is -0.165. The van der Waals surface area contributed by atoms with E-state index in [9.17, 15) is 0 Å². The molecule has 0 spiro atoms. The zero-order valence-corrected chi connectivity index (χ0v) is 22.7. The first-order valence-electron chi connectivity index (χ1n) is 14.5. The molecule has 0 N–H and O–H groups in total. The first-order valence-corrected chi connectivity index (χ1v) is 14.5. The monoisotopic (exact) mass is 471 g/mol. The summed E-state index contributed by atoms with van der Waals surface area (Å²) in [6.45, 7) is 11.3. The number of ether oxygens (including phenoxy) is 2. The molecule has 2 heterocycles. The van der Waals surface area contributed by atoms with Gasteiger partial charge in [-0.3, -0.25) is 4.98 Å². The van der Waals surface area contributed by atoms with Crippen LogP contribution in [0.25, 0.3) is 0 Å². The van der Waals surface area contributed by atoms with Crippen molar-refractivity contribution in [2.75, 3.05) is 6.61 Å². The van der Waals surface area contributed by atoms with Crippen LogP contribution in [-0.4, -0.2) is 17.7 Å². The summed E-state index contributed by atoms with van der Waals surface area (Å²) < 4.78 is 12.3. The topological polar surface area (TPSA) is 31.4 Å². The van der Waals surface area contributed by atoms with Crippen molar-refractivity contribution in [3.05, 3.63) is 41.7 Å². The number of hydrogen-bond acceptors (Lipinski definition) is 3. The Morgan fingerprint density at radius 1 is 0.912 bits per heavy atom. The van der Waals surface area contributed by atoms with Gasteiger partial charge in [-0.1, -0.05) is 115 Å². The highest BCUT2D eigenvalue weighted by Gasteiger charge is 2.40. The highest BCUT2D eigenvalue weighted by Crippen LogP contribution is 2.36. The van der Waals surface area contributed by atoms with Crippen LogP contribution in [0.5, 0.6) is 0 Å². The molecule has 0 radical (unpaired) electrons. The van der Waals surface area contributed by atoms with Crippen LogP contribution in [0.2, 0.25) is 0 Å². The summed E-state index contributed by atoms with van der Waals surface area (Å²) in [4.78, 5) is 4.50. The Bertz CT molecular complexity index is 673. The Morgan fingerprint density at radius 3 is 2.03 bits per heavy atom. The van der Waals surface area contributed by atoms with E-state index in [4.69, 9.17) is 9.47 Å². The molecule has 0 aromatic carbocycles. The van der Waals surface area contributed by atoms with Crippen LogP contribution in [-0.2, 0) is 15.3 Å². The largest absolute Gasteiger partial charge is 0.342 e. The fourth-order valence-corrected chi connectivity index (χ4v) is 5.10. The van der Waals surface area contributed by atoms with Crippen LogP contribution in [0.1, 0.15) is 141 Å². The summed E-state index contributed by atoms with van der Waals surface area (Å²) in [6, 6.07) is 4.02. The maximum atomic E-state index is 6.27. The average molecular weight is 472 g/mol. The van der Waals surface area contributed by atoms with E-state index in [-0.39, 0.29) is 6.10 Å². The Balaban J connectivity index is 1.40. The third kappa shape index (κ3) is 11.5. The fourth-order valence-electron chi connectivity index (χ4n) is 5.10. The molecule has 2 atom stereocenters. The molecule has 1 aliphatic rings. The second kappa shape index (κ2) is 17.3. The molecule has 3 nitrogen and oxygen atoms in total. The van der Waals surface area contributed by atoms with Crippen LogP contribution in [0.3, 0.4) is 0 Å². The van der Waals surface area contributed by atoms with Gasteiger partial charge in [0.25, 0.3) is 0 Å². The SMILES string of the molecule is C=C(CCCCCCCCCCCCCCCCC)CCC1COC(C)(c2ncccc2C)O1. The van der Waals surface area contributed by atoms with E-state index >= 15 is 0 Å². The summed E-state index contributed by atoms with van der Waals surface area (Å²) in [5.41, 5.74) is 3.37. The quantitative estimate of drug-likeness (QED) is 0.140. The lowest BCUT2D eigenvalue weighted by atomic mass is 10.0. The third-order valence-corrected chi connectivity index (χ3v) is 7.33. The van der Waals surface area contributed by atoms with Crippen molar-refractivity contribution in [1.29, 1.82) is 0 Å². The van der Waals surface area contributed by atoms with Crippen molar-refractivity contribution < 1.29 is 9.47 Å². The van der Waals surface area contributed by atoms with E-state index in [1.165, 1.54) is 102 Å². The van der Waals surface area contributed by atoms with Gasteiger partial charge in [0, 0.05) is 6.20 Å². The van der Waals surface area contributed by atoms with Crippen molar-refractivity contribution in [3.8, 4) is 0 Å². The lowest BCUT2D eigenvalue weighted by Gasteiger charge is -2.24. The van der Waals surface area contributed by atoms with Crippen molar-refractivity contribution in [3.63, 3.8) is 0 Å². The molecule has 194 valence electrons. The van der Waals surface area contributed by atoms with E-state index < -0.39 is 5.79 Å². The molecule has 1 saturated heterocycles. The van der Waals surface area contributed by atoms with Crippen molar-refractivity contribution in [1.82, 2.24) is 4.98 Å². The molecule has 34 heavy (non-hydrogen) atoms. The fraction of sp³-hybridized carbons (Fsp3) is 0.774. The van der Waals surface area contributed by atoms with Gasteiger partial charge in [0.2, 0.25) is 5.79 Å². The first-order chi connectivity index (χ1) is 16.5. The molecule has 0 saturated carbocycles. The number of unbranched alkanes of at least 4 members (excludes halogenated alkanes) is 14. The maximum absolute atomic E-state index is 6.27. The van der Waals surface area contributed by atoms with Crippen LogP contribution in [0.4, 0.5) is 0 Å². The van der Waals surface area contributed by atoms with Crippen molar-refractivity contribution in [2.45, 2.75) is 148 Å². The molecule has 1 fully saturated rings. The van der Waals surface area contributed by atoms with Gasteiger partial charge in [0.15, 0.2) is 0 Å². The summed E-state index contributed by atoms with van der Waals surface area (Å²) in [5, 5.41) is 0. The number of nitrogens with zero attached hydrogens (tertiary/aromatic N) is 1. The van der Waals surface area contributed by atoms with Gasteiger partial charge in [-0.05, 0) is 51.2 Å². The zero-order valence-electron chi connectivity index (χ0n) is 22.7. The molecule has 2 rings (SSSR count). The van der Waals surface area contributed by atoms with Gasteiger partial charge in [0.05, 0.1) is 12.7 Å². The molecule has 3 heteroatoms. The number of aryl methyl sites for hydroxylation is 1. The number of aromatic nitrogens is 1. The normalized spacial score (nSPS) is 20.1. The predicted molar refractivity (Wildman–Crippen MR) is 145 cm³/mol. The van der Waals surface area contributed by atoms with Crippen LogP contribution >= 0.6 is 0 Å². The Hall–Kier alpha value is -1.19. The second-order valence-corrected chi connectivity index (χ2v) is 10.7. The zero-order chi connectivity index (χ0) is 24.5. The molecule has 1 aromatic rings. The van der Waals surface area contributed by atoms with Gasteiger partial charge in [-0.15, -0.1) is 0 Å². The van der Waals surface area contributed by atoms with Crippen LogP contribution in [0.15, 0.2) is 30.5 Å². The minimum absolute atomic E-state index is 0.129. The van der Waals surface area contributed by atoms with Crippen molar-refractivity contribution >= 4 is 0 Å². The van der Waals surface area contributed by atoms with Gasteiger partial charge in [0.1, 0.15) is 5.69 Å². The summed E-state index contributed by atoms with van der Waals surface area (Å²) >= 11 is 0. The van der Waals surface area contributed by atoms with Gasteiger partial charge < -0.3 is 9.47 Å². The van der Waals surface area contributed by atoms with Crippen LogP contribution < -0.4 is 0 Å².